The molecular weight excluding hydrogens is 259 g/mol. The van der Waals surface area contributed by atoms with Gasteiger partial charge in [-0.3, -0.25) is 0 Å². The number of hydrogen-bond donors (Lipinski definition) is 2. The Morgan fingerprint density at radius 1 is 1.24 bits per heavy atom. The third kappa shape index (κ3) is 5.69. The van der Waals surface area contributed by atoms with E-state index < -0.39 is 33.4 Å². The summed E-state index contributed by atoms with van der Waals surface area (Å²) in [5.74, 6) is -0.263. The van der Waals surface area contributed by atoms with Crippen LogP contribution in [-0.2, 0) is 9.84 Å². The molecule has 0 saturated carbocycles. The highest BCUT2D eigenvalue weighted by atomic mass is 32.2. The smallest absolute Gasteiger partial charge is 0.382 e. The molecule has 17 heavy (non-hydrogen) atoms. The lowest BCUT2D eigenvalue weighted by Gasteiger charge is -2.20. The number of aliphatic hydroxyl groups excluding tert-OH is 1. The molecule has 0 rings (SSSR count). The zero-order valence-corrected chi connectivity index (χ0v) is 10.8. The summed E-state index contributed by atoms with van der Waals surface area (Å²) < 4.78 is 57.9. The Morgan fingerprint density at radius 2 is 1.71 bits per heavy atom. The number of halogens is 3. The molecule has 4 nitrogen and oxygen atoms in total. The molecule has 0 aromatic heterocycles. The van der Waals surface area contributed by atoms with Gasteiger partial charge in [-0.05, 0) is 20.8 Å². The Labute approximate surface area is 99.1 Å². The van der Waals surface area contributed by atoms with Gasteiger partial charge in [0.1, 0.15) is 0 Å². The first-order valence-corrected chi connectivity index (χ1v) is 6.71. The Bertz CT molecular complexity index is 332. The minimum absolute atomic E-state index is 0.118. The SMILES string of the molecule is CC(C)(C)S(=O)(=O)CCNCC(O)C(F)(F)F. The molecule has 0 heterocycles. The number of aliphatic hydroxyl groups is 1. The summed E-state index contributed by atoms with van der Waals surface area (Å²) >= 11 is 0. The molecule has 2 N–H and O–H groups in total. The first-order chi connectivity index (χ1) is 7.38. The standard InChI is InChI=1S/C9H18F3NO3S/c1-8(2,3)17(15,16)5-4-13-6-7(14)9(10,11)12/h7,13-14H,4-6H2,1-3H3. The van der Waals surface area contributed by atoms with Gasteiger partial charge in [-0.1, -0.05) is 0 Å². The summed E-state index contributed by atoms with van der Waals surface area (Å²) in [5.41, 5.74) is 0. The second kappa shape index (κ2) is 5.53. The summed E-state index contributed by atoms with van der Waals surface area (Å²) in [6.45, 7) is 3.74. The summed E-state index contributed by atoms with van der Waals surface area (Å²) in [7, 11) is -3.36. The van der Waals surface area contributed by atoms with Gasteiger partial charge in [-0.2, -0.15) is 13.2 Å². The van der Waals surface area contributed by atoms with Crippen molar-refractivity contribution in [3.63, 3.8) is 0 Å². The molecule has 0 bridgehead atoms. The first-order valence-electron chi connectivity index (χ1n) is 5.06. The molecule has 0 aliphatic rings. The van der Waals surface area contributed by atoms with Gasteiger partial charge in [-0.15, -0.1) is 0 Å². The summed E-state index contributed by atoms with van der Waals surface area (Å²) in [6.07, 6.45) is -7.16. The zero-order valence-electron chi connectivity index (χ0n) is 10.0. The quantitative estimate of drug-likeness (QED) is 0.726. The Morgan fingerprint density at radius 3 is 2.06 bits per heavy atom. The highest BCUT2D eigenvalue weighted by Gasteiger charge is 2.37. The van der Waals surface area contributed by atoms with E-state index in [1.165, 1.54) is 20.8 Å². The van der Waals surface area contributed by atoms with Gasteiger partial charge in [-0.25, -0.2) is 8.42 Å². The van der Waals surface area contributed by atoms with Crippen LogP contribution in [0.25, 0.3) is 0 Å². The molecule has 0 spiro atoms. The molecular formula is C9H18F3NO3S. The van der Waals surface area contributed by atoms with E-state index in [1.807, 2.05) is 0 Å². The van der Waals surface area contributed by atoms with E-state index in [4.69, 9.17) is 5.11 Å². The average Bonchev–Trinajstić information content (AvgIpc) is 2.08. The fraction of sp³-hybridized carbons (Fsp3) is 1.00. The maximum absolute atomic E-state index is 11.9. The van der Waals surface area contributed by atoms with Crippen molar-refractivity contribution in [3.05, 3.63) is 0 Å². The monoisotopic (exact) mass is 277 g/mol. The normalized spacial score (nSPS) is 15.9. The first kappa shape index (κ1) is 16.7. The minimum atomic E-state index is -4.68. The van der Waals surface area contributed by atoms with Gasteiger partial charge < -0.3 is 10.4 Å². The van der Waals surface area contributed by atoms with Crippen LogP contribution < -0.4 is 5.32 Å². The Kier molecular flexibility index (Phi) is 5.42. The van der Waals surface area contributed by atoms with E-state index in [1.54, 1.807) is 0 Å². The van der Waals surface area contributed by atoms with Crippen LogP contribution in [0.3, 0.4) is 0 Å². The molecule has 104 valence electrons. The van der Waals surface area contributed by atoms with Gasteiger partial charge in [0.25, 0.3) is 0 Å². The Balaban J connectivity index is 4.04. The van der Waals surface area contributed by atoms with E-state index in [-0.39, 0.29) is 12.3 Å². The van der Waals surface area contributed by atoms with Crippen molar-refractivity contribution >= 4 is 9.84 Å². The highest BCUT2D eigenvalue weighted by molar-refractivity contribution is 7.92. The van der Waals surface area contributed by atoms with Gasteiger partial charge in [0, 0.05) is 13.1 Å². The van der Waals surface area contributed by atoms with Crippen molar-refractivity contribution in [3.8, 4) is 0 Å². The van der Waals surface area contributed by atoms with Crippen molar-refractivity contribution < 1.29 is 26.7 Å². The minimum Gasteiger partial charge on any atom is -0.382 e. The lowest BCUT2D eigenvalue weighted by Crippen LogP contribution is -2.41. The lowest BCUT2D eigenvalue weighted by atomic mass is 10.3. The van der Waals surface area contributed by atoms with Crippen LogP contribution >= 0.6 is 0 Å². The van der Waals surface area contributed by atoms with E-state index in [9.17, 15) is 21.6 Å². The molecule has 0 aromatic carbocycles. The van der Waals surface area contributed by atoms with Gasteiger partial charge in [0.05, 0.1) is 10.5 Å². The largest absolute Gasteiger partial charge is 0.415 e. The van der Waals surface area contributed by atoms with Crippen LogP contribution in [0.1, 0.15) is 20.8 Å². The van der Waals surface area contributed by atoms with Gasteiger partial charge >= 0.3 is 6.18 Å². The fourth-order valence-corrected chi connectivity index (χ4v) is 1.89. The second-order valence-electron chi connectivity index (χ2n) is 4.69. The number of rotatable bonds is 5. The summed E-state index contributed by atoms with van der Waals surface area (Å²) in [6, 6.07) is 0. The van der Waals surface area contributed by atoms with Crippen LogP contribution in [0.5, 0.6) is 0 Å². The third-order valence-electron chi connectivity index (χ3n) is 2.20. The second-order valence-corrected chi connectivity index (χ2v) is 7.56. The molecule has 0 fully saturated rings. The van der Waals surface area contributed by atoms with E-state index in [0.29, 0.717) is 0 Å². The van der Waals surface area contributed by atoms with Gasteiger partial charge in [0.2, 0.25) is 0 Å². The molecule has 8 heteroatoms. The number of hydrogen-bond acceptors (Lipinski definition) is 4. The molecule has 0 aromatic rings. The van der Waals surface area contributed by atoms with Crippen LogP contribution in [0, 0.1) is 0 Å². The molecule has 0 amide bonds. The van der Waals surface area contributed by atoms with Gasteiger partial charge in [0.15, 0.2) is 15.9 Å². The van der Waals surface area contributed by atoms with E-state index in [2.05, 4.69) is 5.32 Å². The maximum Gasteiger partial charge on any atom is 0.415 e. The Hall–Kier alpha value is -0.340. The van der Waals surface area contributed by atoms with Crippen molar-refractivity contribution in [1.29, 1.82) is 0 Å². The summed E-state index contributed by atoms with van der Waals surface area (Å²) in [5, 5.41) is 10.9. The molecule has 0 radical (unpaired) electrons. The predicted octanol–water partition coefficient (Wildman–Crippen LogP) is 0.712. The number of alkyl halides is 3. The van der Waals surface area contributed by atoms with Crippen molar-refractivity contribution in [2.45, 2.75) is 37.8 Å². The van der Waals surface area contributed by atoms with E-state index >= 15 is 0 Å². The van der Waals surface area contributed by atoms with Crippen molar-refractivity contribution in [2.24, 2.45) is 0 Å². The average molecular weight is 277 g/mol. The topological polar surface area (TPSA) is 66.4 Å². The number of sulfone groups is 1. The van der Waals surface area contributed by atoms with Crippen molar-refractivity contribution in [2.75, 3.05) is 18.8 Å². The lowest BCUT2D eigenvalue weighted by molar-refractivity contribution is -0.201. The third-order valence-corrected chi connectivity index (χ3v) is 4.80. The molecule has 1 unspecified atom stereocenters. The van der Waals surface area contributed by atoms with Crippen LogP contribution in [0.15, 0.2) is 0 Å². The predicted molar refractivity (Wildman–Crippen MR) is 58.5 cm³/mol. The van der Waals surface area contributed by atoms with E-state index in [0.717, 1.165) is 0 Å². The molecule has 0 aliphatic carbocycles. The van der Waals surface area contributed by atoms with Crippen molar-refractivity contribution in [1.82, 2.24) is 5.32 Å². The molecule has 1 atom stereocenters. The number of nitrogens with one attached hydrogen (secondary N) is 1. The molecule has 0 saturated heterocycles. The molecule has 0 aliphatic heterocycles. The van der Waals surface area contributed by atoms with Crippen LogP contribution in [-0.4, -0.2) is 49.4 Å². The fourth-order valence-electron chi connectivity index (χ4n) is 0.867. The summed E-state index contributed by atoms with van der Waals surface area (Å²) in [4.78, 5) is 0. The highest BCUT2D eigenvalue weighted by Crippen LogP contribution is 2.19. The van der Waals surface area contributed by atoms with Crippen LogP contribution in [0.2, 0.25) is 0 Å². The maximum atomic E-state index is 11.9. The van der Waals surface area contributed by atoms with Crippen LogP contribution in [0.4, 0.5) is 13.2 Å². The zero-order chi connectivity index (χ0) is 13.9.